The summed E-state index contributed by atoms with van der Waals surface area (Å²) in [7, 11) is 1.62. The van der Waals surface area contributed by atoms with Crippen molar-refractivity contribution in [3.63, 3.8) is 0 Å². The van der Waals surface area contributed by atoms with Crippen molar-refractivity contribution in [2.75, 3.05) is 19.0 Å². The van der Waals surface area contributed by atoms with Crippen molar-refractivity contribution in [3.05, 3.63) is 24.3 Å². The molecule has 1 atom stereocenters. The third-order valence-electron chi connectivity index (χ3n) is 2.38. The van der Waals surface area contributed by atoms with E-state index in [4.69, 9.17) is 22.1 Å². The van der Waals surface area contributed by atoms with Gasteiger partial charge in [-0.2, -0.15) is 0 Å². The van der Waals surface area contributed by atoms with Gasteiger partial charge in [-0.25, -0.2) is 0 Å². The number of ether oxygens (including phenoxy) is 1. The Morgan fingerprint density at radius 1 is 1.53 bits per heavy atom. The number of benzene rings is 1. The van der Waals surface area contributed by atoms with E-state index in [0.717, 1.165) is 17.9 Å². The van der Waals surface area contributed by atoms with E-state index in [9.17, 15) is 0 Å². The normalized spacial score (nSPS) is 11.7. The van der Waals surface area contributed by atoms with Gasteiger partial charge in [0.25, 0.3) is 0 Å². The molecule has 0 saturated carbocycles. The summed E-state index contributed by atoms with van der Waals surface area (Å²) in [5.41, 5.74) is 0.856. The van der Waals surface area contributed by atoms with Crippen LogP contribution in [0, 0.1) is 0 Å². The molecule has 17 heavy (non-hydrogen) atoms. The average Bonchev–Trinajstić information content (AvgIpc) is 2.36. The van der Waals surface area contributed by atoms with Crippen LogP contribution in [0.1, 0.15) is 13.3 Å². The second-order valence-corrected chi connectivity index (χ2v) is 4.03. The van der Waals surface area contributed by atoms with Crippen LogP contribution in [-0.4, -0.2) is 30.0 Å². The molecule has 0 amide bonds. The van der Waals surface area contributed by atoms with Crippen LogP contribution in [0.2, 0.25) is 0 Å². The zero-order chi connectivity index (χ0) is 12.7. The van der Waals surface area contributed by atoms with Crippen LogP contribution in [0.25, 0.3) is 0 Å². The Morgan fingerprint density at radius 2 is 2.29 bits per heavy atom. The van der Waals surface area contributed by atoms with Crippen LogP contribution >= 0.6 is 12.2 Å². The van der Waals surface area contributed by atoms with Gasteiger partial charge in [-0.05, 0) is 30.8 Å². The maximum absolute atomic E-state index is 9.05. The van der Waals surface area contributed by atoms with Crippen LogP contribution in [0.15, 0.2) is 24.3 Å². The molecule has 0 heterocycles. The molecule has 0 spiro atoms. The highest BCUT2D eigenvalue weighted by molar-refractivity contribution is 7.80. The van der Waals surface area contributed by atoms with E-state index in [2.05, 4.69) is 10.6 Å². The molecule has 1 aromatic carbocycles. The summed E-state index contributed by atoms with van der Waals surface area (Å²) in [6, 6.07) is 7.49. The van der Waals surface area contributed by atoms with Crippen molar-refractivity contribution in [2.45, 2.75) is 19.4 Å². The fourth-order valence-corrected chi connectivity index (χ4v) is 1.61. The number of aliphatic hydroxyl groups excluding tert-OH is 1. The Kier molecular flexibility index (Phi) is 5.72. The van der Waals surface area contributed by atoms with Crippen molar-refractivity contribution in [1.29, 1.82) is 0 Å². The molecular weight excluding hydrogens is 236 g/mol. The molecule has 3 N–H and O–H groups in total. The fourth-order valence-electron chi connectivity index (χ4n) is 1.33. The SMILES string of the molecule is CC[C@@H](CO)NC(=S)Nc1cccc(OC)c1. The minimum Gasteiger partial charge on any atom is -0.497 e. The van der Waals surface area contributed by atoms with E-state index in [0.29, 0.717) is 5.11 Å². The summed E-state index contributed by atoms with van der Waals surface area (Å²) < 4.78 is 5.12. The number of rotatable bonds is 5. The summed E-state index contributed by atoms with van der Waals surface area (Å²) >= 11 is 5.15. The zero-order valence-corrected chi connectivity index (χ0v) is 10.9. The number of hydrogen-bond donors (Lipinski definition) is 3. The molecule has 94 valence electrons. The molecule has 0 unspecified atom stereocenters. The maximum Gasteiger partial charge on any atom is 0.171 e. The largest absolute Gasteiger partial charge is 0.497 e. The third-order valence-corrected chi connectivity index (χ3v) is 2.60. The zero-order valence-electron chi connectivity index (χ0n) is 10.1. The predicted molar refractivity (Wildman–Crippen MR) is 73.5 cm³/mol. The first kappa shape index (κ1) is 13.7. The third kappa shape index (κ3) is 4.58. The standard InChI is InChI=1S/C12H18N2O2S/c1-3-9(8-15)13-12(17)14-10-5-4-6-11(7-10)16-2/h4-7,9,15H,3,8H2,1-2H3,(H2,13,14,17)/t9-/m0/s1. The minimum atomic E-state index is -0.0133. The lowest BCUT2D eigenvalue weighted by Gasteiger charge is -2.17. The Morgan fingerprint density at radius 3 is 2.88 bits per heavy atom. The van der Waals surface area contributed by atoms with E-state index in [1.807, 2.05) is 31.2 Å². The first-order chi connectivity index (χ1) is 8.19. The lowest BCUT2D eigenvalue weighted by molar-refractivity contribution is 0.253. The first-order valence-corrected chi connectivity index (χ1v) is 5.92. The molecule has 0 bridgehead atoms. The monoisotopic (exact) mass is 254 g/mol. The van der Waals surface area contributed by atoms with Crippen LogP contribution in [0.4, 0.5) is 5.69 Å². The Balaban J connectivity index is 2.55. The van der Waals surface area contributed by atoms with Crippen LogP contribution in [0.3, 0.4) is 0 Å². The van der Waals surface area contributed by atoms with Gasteiger partial charge in [-0.1, -0.05) is 13.0 Å². The Bertz CT molecular complexity index is 367. The average molecular weight is 254 g/mol. The highest BCUT2D eigenvalue weighted by atomic mass is 32.1. The Hall–Kier alpha value is -1.33. The molecule has 0 aliphatic heterocycles. The second kappa shape index (κ2) is 7.09. The van der Waals surface area contributed by atoms with Gasteiger partial charge in [-0.3, -0.25) is 0 Å². The summed E-state index contributed by atoms with van der Waals surface area (Å²) in [5, 5.41) is 15.6. The number of methoxy groups -OCH3 is 1. The number of aliphatic hydroxyl groups is 1. The van der Waals surface area contributed by atoms with Gasteiger partial charge in [0, 0.05) is 11.8 Å². The summed E-state index contributed by atoms with van der Waals surface area (Å²) in [5.74, 6) is 0.770. The highest BCUT2D eigenvalue weighted by Crippen LogP contribution is 2.16. The van der Waals surface area contributed by atoms with Crippen LogP contribution in [0.5, 0.6) is 5.75 Å². The summed E-state index contributed by atoms with van der Waals surface area (Å²) in [6.45, 7) is 2.05. The van der Waals surface area contributed by atoms with Crippen molar-refractivity contribution >= 4 is 23.0 Å². The van der Waals surface area contributed by atoms with E-state index < -0.39 is 0 Å². The van der Waals surface area contributed by atoms with Crippen LogP contribution in [-0.2, 0) is 0 Å². The highest BCUT2D eigenvalue weighted by Gasteiger charge is 2.06. The van der Waals surface area contributed by atoms with E-state index >= 15 is 0 Å². The van der Waals surface area contributed by atoms with Gasteiger partial charge in [0.1, 0.15) is 5.75 Å². The van der Waals surface area contributed by atoms with Gasteiger partial charge in [0.2, 0.25) is 0 Å². The minimum absolute atomic E-state index is 0.0133. The second-order valence-electron chi connectivity index (χ2n) is 3.62. The lowest BCUT2D eigenvalue weighted by Crippen LogP contribution is -2.39. The van der Waals surface area contributed by atoms with Gasteiger partial charge in [0.05, 0.1) is 19.8 Å². The molecule has 0 aliphatic carbocycles. The number of nitrogens with one attached hydrogen (secondary N) is 2. The van der Waals surface area contributed by atoms with Gasteiger partial charge < -0.3 is 20.5 Å². The molecule has 0 saturated heterocycles. The van der Waals surface area contributed by atoms with Crippen molar-refractivity contribution < 1.29 is 9.84 Å². The molecular formula is C12H18N2O2S. The van der Waals surface area contributed by atoms with Crippen molar-refractivity contribution in [3.8, 4) is 5.75 Å². The number of thiocarbonyl (C=S) groups is 1. The molecule has 4 nitrogen and oxygen atoms in total. The molecule has 0 fully saturated rings. The molecule has 1 aromatic rings. The quantitative estimate of drug-likeness (QED) is 0.699. The predicted octanol–water partition coefficient (Wildman–Crippen LogP) is 1.75. The molecule has 5 heteroatoms. The fraction of sp³-hybridized carbons (Fsp3) is 0.417. The van der Waals surface area contributed by atoms with Crippen molar-refractivity contribution in [1.82, 2.24) is 5.32 Å². The van der Waals surface area contributed by atoms with Gasteiger partial charge in [0.15, 0.2) is 5.11 Å². The molecule has 1 rings (SSSR count). The van der Waals surface area contributed by atoms with Crippen LogP contribution < -0.4 is 15.4 Å². The lowest BCUT2D eigenvalue weighted by atomic mass is 10.2. The smallest absolute Gasteiger partial charge is 0.171 e. The molecule has 0 radical (unpaired) electrons. The first-order valence-electron chi connectivity index (χ1n) is 5.52. The van der Waals surface area contributed by atoms with E-state index in [-0.39, 0.29) is 12.6 Å². The Labute approximate surface area is 107 Å². The van der Waals surface area contributed by atoms with Crippen molar-refractivity contribution in [2.24, 2.45) is 0 Å². The van der Waals surface area contributed by atoms with Gasteiger partial charge in [-0.15, -0.1) is 0 Å². The van der Waals surface area contributed by atoms with Gasteiger partial charge >= 0.3 is 0 Å². The summed E-state index contributed by atoms with van der Waals surface area (Å²) in [4.78, 5) is 0. The number of anilines is 1. The molecule has 0 aliphatic rings. The topological polar surface area (TPSA) is 53.5 Å². The van der Waals surface area contributed by atoms with E-state index in [1.54, 1.807) is 7.11 Å². The van der Waals surface area contributed by atoms with E-state index in [1.165, 1.54) is 0 Å². The maximum atomic E-state index is 9.05. The molecule has 0 aromatic heterocycles. The number of hydrogen-bond acceptors (Lipinski definition) is 3. The summed E-state index contributed by atoms with van der Waals surface area (Å²) in [6.07, 6.45) is 0.816.